The number of anilines is 1. The maximum Gasteiger partial charge on any atom is 0.254 e. The molecule has 2 aromatic carbocycles. The van der Waals surface area contributed by atoms with Gasteiger partial charge in [-0.1, -0.05) is 18.2 Å². The zero-order valence-electron chi connectivity index (χ0n) is 13.9. The van der Waals surface area contributed by atoms with Crippen LogP contribution in [-0.4, -0.2) is 15.5 Å². The van der Waals surface area contributed by atoms with Crippen LogP contribution in [-0.2, 0) is 11.3 Å². The molecule has 0 aliphatic rings. The van der Waals surface area contributed by atoms with Gasteiger partial charge in [0.25, 0.3) is 5.56 Å². The van der Waals surface area contributed by atoms with Gasteiger partial charge in [-0.05, 0) is 36.8 Å². The third-order valence-corrected chi connectivity index (χ3v) is 3.80. The SMILES string of the molecule is Cc1ccc(NC(=O)Cn2cnc(-c3ccccc3F)cc2=O)cc1F. The number of nitrogens with one attached hydrogen (secondary N) is 1. The minimum Gasteiger partial charge on any atom is -0.324 e. The summed E-state index contributed by atoms with van der Waals surface area (Å²) >= 11 is 0. The van der Waals surface area contributed by atoms with Crippen molar-refractivity contribution in [2.24, 2.45) is 0 Å². The van der Waals surface area contributed by atoms with E-state index in [1.165, 1.54) is 30.6 Å². The molecule has 26 heavy (non-hydrogen) atoms. The highest BCUT2D eigenvalue weighted by Crippen LogP contribution is 2.18. The van der Waals surface area contributed by atoms with Gasteiger partial charge in [0.05, 0.1) is 12.0 Å². The highest BCUT2D eigenvalue weighted by atomic mass is 19.1. The zero-order chi connectivity index (χ0) is 18.7. The van der Waals surface area contributed by atoms with E-state index >= 15 is 0 Å². The van der Waals surface area contributed by atoms with Gasteiger partial charge in [-0.3, -0.25) is 14.2 Å². The molecule has 0 atom stereocenters. The lowest BCUT2D eigenvalue weighted by Gasteiger charge is -2.09. The number of hydrogen-bond acceptors (Lipinski definition) is 3. The second-order valence-electron chi connectivity index (χ2n) is 5.73. The Labute approximate surface area is 147 Å². The van der Waals surface area contributed by atoms with Crippen LogP contribution < -0.4 is 10.9 Å². The third kappa shape index (κ3) is 3.83. The first-order valence-electron chi connectivity index (χ1n) is 7.81. The molecule has 1 N–H and O–H groups in total. The fourth-order valence-electron chi connectivity index (χ4n) is 2.39. The number of aryl methyl sites for hydroxylation is 1. The minimum absolute atomic E-state index is 0.186. The lowest BCUT2D eigenvalue weighted by Crippen LogP contribution is -2.27. The van der Waals surface area contributed by atoms with E-state index in [2.05, 4.69) is 10.3 Å². The first-order chi connectivity index (χ1) is 12.4. The Morgan fingerprint density at radius 3 is 2.58 bits per heavy atom. The molecular weight excluding hydrogens is 340 g/mol. The van der Waals surface area contributed by atoms with Gasteiger partial charge in [0.1, 0.15) is 18.2 Å². The van der Waals surface area contributed by atoms with Gasteiger partial charge in [-0.25, -0.2) is 13.8 Å². The van der Waals surface area contributed by atoms with Crippen LogP contribution >= 0.6 is 0 Å². The van der Waals surface area contributed by atoms with Crippen LogP contribution in [0.2, 0.25) is 0 Å². The fourth-order valence-corrected chi connectivity index (χ4v) is 2.39. The summed E-state index contributed by atoms with van der Waals surface area (Å²) in [6, 6.07) is 11.4. The van der Waals surface area contributed by atoms with Gasteiger partial charge in [0, 0.05) is 17.3 Å². The van der Waals surface area contributed by atoms with Crippen LogP contribution in [0.4, 0.5) is 14.5 Å². The number of carbonyl (C=O) groups excluding carboxylic acids is 1. The molecule has 0 aliphatic carbocycles. The summed E-state index contributed by atoms with van der Waals surface area (Å²) in [5, 5.41) is 2.51. The van der Waals surface area contributed by atoms with Crippen molar-refractivity contribution in [1.29, 1.82) is 0 Å². The predicted octanol–water partition coefficient (Wildman–Crippen LogP) is 3.14. The Balaban J connectivity index is 1.76. The van der Waals surface area contributed by atoms with Crippen LogP contribution in [0.1, 0.15) is 5.56 Å². The Kier molecular flexibility index (Phi) is 4.88. The Morgan fingerprint density at radius 1 is 1.12 bits per heavy atom. The fraction of sp³-hybridized carbons (Fsp3) is 0.105. The summed E-state index contributed by atoms with van der Waals surface area (Å²) in [6.45, 7) is 1.32. The molecule has 3 aromatic rings. The number of aromatic nitrogens is 2. The van der Waals surface area contributed by atoms with Gasteiger partial charge < -0.3 is 5.32 Å². The van der Waals surface area contributed by atoms with Gasteiger partial charge in [-0.2, -0.15) is 0 Å². The molecule has 132 valence electrons. The number of benzene rings is 2. The quantitative estimate of drug-likeness (QED) is 0.782. The molecule has 0 saturated heterocycles. The summed E-state index contributed by atoms with van der Waals surface area (Å²) in [5.41, 5.74) is 0.652. The van der Waals surface area contributed by atoms with Crippen molar-refractivity contribution in [2.75, 3.05) is 5.32 Å². The Bertz CT molecular complexity index is 1030. The maximum absolute atomic E-state index is 13.8. The van der Waals surface area contributed by atoms with Crippen molar-refractivity contribution in [3.05, 3.63) is 82.4 Å². The molecule has 0 spiro atoms. The third-order valence-electron chi connectivity index (χ3n) is 3.80. The van der Waals surface area contributed by atoms with E-state index in [0.29, 0.717) is 11.3 Å². The molecule has 5 nitrogen and oxygen atoms in total. The molecule has 0 aliphatic heterocycles. The number of hydrogen-bond donors (Lipinski definition) is 1. The molecule has 1 amide bonds. The smallest absolute Gasteiger partial charge is 0.254 e. The van der Waals surface area contributed by atoms with E-state index in [9.17, 15) is 18.4 Å². The van der Waals surface area contributed by atoms with E-state index in [1.807, 2.05) is 0 Å². The number of carbonyl (C=O) groups is 1. The highest BCUT2D eigenvalue weighted by Gasteiger charge is 2.10. The van der Waals surface area contributed by atoms with Crippen LogP contribution in [0.15, 0.2) is 59.7 Å². The standard InChI is InChI=1S/C19H15F2N3O2/c1-12-6-7-13(8-16(12)21)23-18(25)10-24-11-22-17(9-19(24)26)14-4-2-3-5-15(14)20/h2-9,11H,10H2,1H3,(H,23,25). The average Bonchev–Trinajstić information content (AvgIpc) is 2.60. The van der Waals surface area contributed by atoms with Crippen LogP contribution in [0.25, 0.3) is 11.3 Å². The topological polar surface area (TPSA) is 64.0 Å². The van der Waals surface area contributed by atoms with E-state index < -0.39 is 23.1 Å². The molecule has 0 fully saturated rings. The Hall–Kier alpha value is -3.35. The van der Waals surface area contributed by atoms with Crippen molar-refractivity contribution in [3.8, 4) is 11.3 Å². The number of rotatable bonds is 4. The van der Waals surface area contributed by atoms with E-state index in [0.717, 1.165) is 10.6 Å². The number of halogens is 2. The molecule has 0 radical (unpaired) electrons. The largest absolute Gasteiger partial charge is 0.324 e. The van der Waals surface area contributed by atoms with Crippen molar-refractivity contribution < 1.29 is 13.6 Å². The summed E-state index contributed by atoms with van der Waals surface area (Å²) in [4.78, 5) is 28.3. The molecule has 0 bridgehead atoms. The van der Waals surface area contributed by atoms with Crippen LogP contribution in [0, 0.1) is 18.6 Å². The summed E-state index contributed by atoms with van der Waals surface area (Å²) < 4.78 is 28.4. The minimum atomic E-state index is -0.504. The van der Waals surface area contributed by atoms with Gasteiger partial charge in [0.2, 0.25) is 5.91 Å². The predicted molar refractivity (Wildman–Crippen MR) is 93.7 cm³/mol. The molecule has 1 aromatic heterocycles. The lowest BCUT2D eigenvalue weighted by molar-refractivity contribution is -0.116. The normalized spacial score (nSPS) is 10.6. The van der Waals surface area contributed by atoms with Gasteiger partial charge in [-0.15, -0.1) is 0 Å². The number of nitrogens with zero attached hydrogens (tertiary/aromatic N) is 2. The molecule has 1 heterocycles. The molecule has 3 rings (SSSR count). The lowest BCUT2D eigenvalue weighted by atomic mass is 10.1. The first kappa shape index (κ1) is 17.5. The summed E-state index contributed by atoms with van der Waals surface area (Å²) in [5.74, 6) is -1.43. The van der Waals surface area contributed by atoms with Crippen molar-refractivity contribution >= 4 is 11.6 Å². The average molecular weight is 355 g/mol. The van der Waals surface area contributed by atoms with Crippen molar-refractivity contribution in [3.63, 3.8) is 0 Å². The monoisotopic (exact) mass is 355 g/mol. The first-order valence-corrected chi connectivity index (χ1v) is 7.81. The van der Waals surface area contributed by atoms with Gasteiger partial charge in [0.15, 0.2) is 0 Å². The highest BCUT2D eigenvalue weighted by molar-refractivity contribution is 5.90. The second-order valence-corrected chi connectivity index (χ2v) is 5.73. The summed E-state index contributed by atoms with van der Waals surface area (Å²) in [6.07, 6.45) is 1.18. The summed E-state index contributed by atoms with van der Waals surface area (Å²) in [7, 11) is 0. The Morgan fingerprint density at radius 2 is 1.88 bits per heavy atom. The second kappa shape index (κ2) is 7.26. The number of amides is 1. The van der Waals surface area contributed by atoms with E-state index in [-0.39, 0.29) is 17.8 Å². The zero-order valence-corrected chi connectivity index (χ0v) is 13.9. The van der Waals surface area contributed by atoms with Crippen molar-refractivity contribution in [2.45, 2.75) is 13.5 Å². The maximum atomic E-state index is 13.8. The van der Waals surface area contributed by atoms with Crippen LogP contribution in [0.3, 0.4) is 0 Å². The van der Waals surface area contributed by atoms with E-state index in [1.54, 1.807) is 25.1 Å². The van der Waals surface area contributed by atoms with E-state index in [4.69, 9.17) is 0 Å². The van der Waals surface area contributed by atoms with Crippen molar-refractivity contribution in [1.82, 2.24) is 9.55 Å². The van der Waals surface area contributed by atoms with Crippen LogP contribution in [0.5, 0.6) is 0 Å². The van der Waals surface area contributed by atoms with Gasteiger partial charge >= 0.3 is 0 Å². The molecule has 0 saturated carbocycles. The molecule has 7 heteroatoms. The molecule has 0 unspecified atom stereocenters. The molecular formula is C19H15F2N3O2.